The normalized spacial score (nSPS) is 10.8. The predicted molar refractivity (Wildman–Crippen MR) is 85.8 cm³/mol. The van der Waals surface area contributed by atoms with E-state index in [4.69, 9.17) is 15.2 Å². The number of nitrogens with two attached hydrogens (primary N) is 1. The van der Waals surface area contributed by atoms with E-state index < -0.39 is 0 Å². The molecule has 0 aliphatic carbocycles. The Kier molecular flexibility index (Phi) is 3.47. The van der Waals surface area contributed by atoms with Crippen molar-refractivity contribution in [2.45, 2.75) is 0 Å². The highest BCUT2D eigenvalue weighted by molar-refractivity contribution is 9.10. The van der Waals surface area contributed by atoms with E-state index in [1.54, 1.807) is 14.2 Å². The third-order valence-electron chi connectivity index (χ3n) is 3.30. The number of hydrogen-bond acceptors (Lipinski definition) is 4. The molecule has 2 heterocycles. The Morgan fingerprint density at radius 1 is 1.14 bits per heavy atom. The molecule has 108 valence electrons. The number of methoxy groups -OCH3 is 2. The SMILES string of the molecule is COc1cccc(-c2nc3c(Br)cccn3c2N)c1OC. The van der Waals surface area contributed by atoms with Crippen molar-refractivity contribution >= 4 is 27.4 Å². The van der Waals surface area contributed by atoms with Crippen molar-refractivity contribution in [3.8, 4) is 22.8 Å². The summed E-state index contributed by atoms with van der Waals surface area (Å²) in [6.45, 7) is 0. The number of para-hydroxylation sites is 1. The van der Waals surface area contributed by atoms with Crippen LogP contribution in [0.5, 0.6) is 11.5 Å². The number of benzene rings is 1. The zero-order valence-electron chi connectivity index (χ0n) is 11.6. The topological polar surface area (TPSA) is 61.8 Å². The second kappa shape index (κ2) is 5.29. The summed E-state index contributed by atoms with van der Waals surface area (Å²) in [5.41, 5.74) is 8.46. The molecule has 0 unspecified atom stereocenters. The maximum absolute atomic E-state index is 6.24. The highest BCUT2D eigenvalue weighted by Gasteiger charge is 2.18. The Morgan fingerprint density at radius 3 is 2.62 bits per heavy atom. The number of anilines is 1. The summed E-state index contributed by atoms with van der Waals surface area (Å²) in [4.78, 5) is 4.62. The number of halogens is 1. The van der Waals surface area contributed by atoms with E-state index >= 15 is 0 Å². The van der Waals surface area contributed by atoms with Gasteiger partial charge < -0.3 is 15.2 Å². The molecule has 0 bridgehead atoms. The van der Waals surface area contributed by atoms with E-state index in [1.165, 1.54) is 0 Å². The molecular formula is C15H14BrN3O2. The molecule has 0 saturated carbocycles. The highest BCUT2D eigenvalue weighted by Crippen LogP contribution is 2.40. The molecular weight excluding hydrogens is 334 g/mol. The third kappa shape index (κ3) is 2.12. The molecule has 0 fully saturated rings. The molecule has 0 radical (unpaired) electrons. The molecule has 0 amide bonds. The second-order valence-corrected chi connectivity index (χ2v) is 5.29. The lowest BCUT2D eigenvalue weighted by Crippen LogP contribution is -1.96. The number of aromatic nitrogens is 2. The molecule has 2 aromatic heterocycles. The molecule has 0 saturated heterocycles. The number of hydrogen-bond donors (Lipinski definition) is 1. The van der Waals surface area contributed by atoms with E-state index in [0.717, 1.165) is 15.7 Å². The molecule has 5 nitrogen and oxygen atoms in total. The lowest BCUT2D eigenvalue weighted by atomic mass is 10.1. The minimum atomic E-state index is 0.554. The van der Waals surface area contributed by atoms with Crippen LogP contribution in [-0.2, 0) is 0 Å². The molecule has 1 aromatic carbocycles. The van der Waals surface area contributed by atoms with Gasteiger partial charge in [0.1, 0.15) is 11.5 Å². The summed E-state index contributed by atoms with van der Waals surface area (Å²) < 4.78 is 13.5. The predicted octanol–water partition coefficient (Wildman–Crippen LogP) is 3.36. The fourth-order valence-corrected chi connectivity index (χ4v) is 2.76. The zero-order chi connectivity index (χ0) is 15.0. The van der Waals surface area contributed by atoms with Gasteiger partial charge in [0.05, 0.1) is 18.7 Å². The van der Waals surface area contributed by atoms with Crippen molar-refractivity contribution in [3.63, 3.8) is 0 Å². The van der Waals surface area contributed by atoms with Gasteiger partial charge >= 0.3 is 0 Å². The average Bonchev–Trinajstić information content (AvgIpc) is 2.85. The Morgan fingerprint density at radius 2 is 1.95 bits per heavy atom. The van der Waals surface area contributed by atoms with Crippen LogP contribution in [0.4, 0.5) is 5.82 Å². The number of rotatable bonds is 3. The highest BCUT2D eigenvalue weighted by atomic mass is 79.9. The molecule has 21 heavy (non-hydrogen) atoms. The van der Waals surface area contributed by atoms with Crippen molar-refractivity contribution in [2.24, 2.45) is 0 Å². The third-order valence-corrected chi connectivity index (χ3v) is 3.92. The van der Waals surface area contributed by atoms with E-state index in [9.17, 15) is 0 Å². The fraction of sp³-hybridized carbons (Fsp3) is 0.133. The summed E-state index contributed by atoms with van der Waals surface area (Å²) in [5, 5.41) is 0. The minimum absolute atomic E-state index is 0.554. The van der Waals surface area contributed by atoms with Crippen molar-refractivity contribution in [2.75, 3.05) is 20.0 Å². The number of nitrogen functional groups attached to an aromatic ring is 1. The number of pyridine rings is 1. The summed E-state index contributed by atoms with van der Waals surface area (Å²) in [5.74, 6) is 1.81. The monoisotopic (exact) mass is 347 g/mol. The van der Waals surface area contributed by atoms with Crippen molar-refractivity contribution in [1.82, 2.24) is 9.38 Å². The van der Waals surface area contributed by atoms with E-state index in [1.807, 2.05) is 40.9 Å². The average molecular weight is 348 g/mol. The molecule has 3 rings (SSSR count). The number of imidazole rings is 1. The first-order valence-electron chi connectivity index (χ1n) is 6.30. The Labute approximate surface area is 130 Å². The lowest BCUT2D eigenvalue weighted by Gasteiger charge is -2.11. The van der Waals surface area contributed by atoms with Gasteiger partial charge in [0.2, 0.25) is 0 Å². The van der Waals surface area contributed by atoms with Gasteiger partial charge in [-0.15, -0.1) is 0 Å². The Balaban J connectivity index is 2.31. The van der Waals surface area contributed by atoms with Gasteiger partial charge in [-0.25, -0.2) is 4.98 Å². The van der Waals surface area contributed by atoms with Gasteiger partial charge in [-0.05, 0) is 40.2 Å². The van der Waals surface area contributed by atoms with E-state index in [0.29, 0.717) is 23.0 Å². The van der Waals surface area contributed by atoms with Gasteiger partial charge in [-0.3, -0.25) is 4.40 Å². The van der Waals surface area contributed by atoms with Gasteiger partial charge in [-0.2, -0.15) is 0 Å². The maximum atomic E-state index is 6.24. The van der Waals surface area contributed by atoms with E-state index in [-0.39, 0.29) is 0 Å². The molecule has 0 aliphatic heterocycles. The molecule has 6 heteroatoms. The maximum Gasteiger partial charge on any atom is 0.170 e. The van der Waals surface area contributed by atoms with Crippen LogP contribution in [0.25, 0.3) is 16.9 Å². The molecule has 0 spiro atoms. The molecule has 3 aromatic rings. The molecule has 0 aliphatic rings. The summed E-state index contributed by atoms with van der Waals surface area (Å²) in [6, 6.07) is 9.46. The van der Waals surface area contributed by atoms with Gasteiger partial charge in [0.15, 0.2) is 17.1 Å². The van der Waals surface area contributed by atoms with Crippen molar-refractivity contribution in [3.05, 3.63) is 41.0 Å². The van der Waals surface area contributed by atoms with Crippen LogP contribution in [0.3, 0.4) is 0 Å². The largest absolute Gasteiger partial charge is 0.493 e. The summed E-state index contributed by atoms with van der Waals surface area (Å²) in [7, 11) is 3.20. The second-order valence-electron chi connectivity index (χ2n) is 4.44. The van der Waals surface area contributed by atoms with Crippen LogP contribution in [0.2, 0.25) is 0 Å². The van der Waals surface area contributed by atoms with E-state index in [2.05, 4.69) is 20.9 Å². The molecule has 2 N–H and O–H groups in total. The van der Waals surface area contributed by atoms with Crippen LogP contribution in [-0.4, -0.2) is 23.6 Å². The first-order valence-corrected chi connectivity index (χ1v) is 7.10. The van der Waals surface area contributed by atoms with Crippen LogP contribution in [0, 0.1) is 0 Å². The first-order chi connectivity index (χ1) is 10.2. The van der Waals surface area contributed by atoms with Gasteiger partial charge in [0.25, 0.3) is 0 Å². The van der Waals surface area contributed by atoms with Gasteiger partial charge in [0, 0.05) is 11.8 Å². The Hall–Kier alpha value is -2.21. The number of ether oxygens (including phenoxy) is 2. The first kappa shape index (κ1) is 13.8. The lowest BCUT2D eigenvalue weighted by molar-refractivity contribution is 0.356. The van der Waals surface area contributed by atoms with Gasteiger partial charge in [-0.1, -0.05) is 6.07 Å². The fourth-order valence-electron chi connectivity index (χ4n) is 2.32. The quantitative estimate of drug-likeness (QED) is 0.788. The smallest absolute Gasteiger partial charge is 0.170 e. The number of fused-ring (bicyclic) bond motifs is 1. The minimum Gasteiger partial charge on any atom is -0.493 e. The van der Waals surface area contributed by atoms with Crippen LogP contribution >= 0.6 is 15.9 Å². The number of nitrogens with zero attached hydrogens (tertiary/aromatic N) is 2. The summed E-state index contributed by atoms with van der Waals surface area (Å²) in [6.07, 6.45) is 1.87. The standard InChI is InChI=1S/C15H14BrN3O2/c1-20-11-7-3-5-9(13(11)21-2)12-14(17)19-8-4-6-10(16)15(19)18-12/h3-8H,17H2,1-2H3. The van der Waals surface area contributed by atoms with Crippen LogP contribution < -0.4 is 15.2 Å². The van der Waals surface area contributed by atoms with Crippen molar-refractivity contribution < 1.29 is 9.47 Å². The van der Waals surface area contributed by atoms with Crippen LogP contribution in [0.15, 0.2) is 41.0 Å². The molecule has 0 atom stereocenters. The van der Waals surface area contributed by atoms with Crippen LogP contribution in [0.1, 0.15) is 0 Å². The Bertz CT molecular complexity index is 814. The summed E-state index contributed by atoms with van der Waals surface area (Å²) >= 11 is 3.49. The zero-order valence-corrected chi connectivity index (χ0v) is 13.2. The van der Waals surface area contributed by atoms with Crippen molar-refractivity contribution in [1.29, 1.82) is 0 Å².